The number of carboxylic acid groups (broad SMARTS) is 1. The molecule has 0 fully saturated rings. The minimum atomic E-state index is -4.40. The third-order valence-electron chi connectivity index (χ3n) is 1.81. The summed E-state index contributed by atoms with van der Waals surface area (Å²) in [5, 5.41) is 8.64. The highest BCUT2D eigenvalue weighted by molar-refractivity contribution is 5.88. The molecule has 0 aromatic heterocycles. The maximum atomic E-state index is 11.9. The SMILES string of the molecule is Cc1cc(C(=O)O)ccc1OCC(F)(F)F. The van der Waals surface area contributed by atoms with E-state index in [0.29, 0.717) is 5.56 Å². The lowest BCUT2D eigenvalue weighted by molar-refractivity contribution is -0.153. The van der Waals surface area contributed by atoms with Crippen molar-refractivity contribution in [3.8, 4) is 5.75 Å². The highest BCUT2D eigenvalue weighted by Crippen LogP contribution is 2.22. The fourth-order valence-corrected chi connectivity index (χ4v) is 1.10. The van der Waals surface area contributed by atoms with Crippen LogP contribution in [0.5, 0.6) is 5.75 Å². The zero-order valence-electron chi connectivity index (χ0n) is 8.34. The standard InChI is InChI=1S/C10H9F3O3/c1-6-4-7(9(14)15)2-3-8(6)16-5-10(11,12)13/h2-4H,5H2,1H3,(H,14,15). The van der Waals surface area contributed by atoms with Crippen molar-refractivity contribution in [2.45, 2.75) is 13.1 Å². The molecular weight excluding hydrogens is 225 g/mol. The molecule has 0 spiro atoms. The van der Waals surface area contributed by atoms with E-state index in [1.165, 1.54) is 25.1 Å². The topological polar surface area (TPSA) is 46.5 Å². The van der Waals surface area contributed by atoms with E-state index in [1.807, 2.05) is 0 Å². The van der Waals surface area contributed by atoms with Gasteiger partial charge < -0.3 is 9.84 Å². The normalized spacial score (nSPS) is 11.2. The van der Waals surface area contributed by atoms with Gasteiger partial charge in [-0.05, 0) is 30.7 Å². The van der Waals surface area contributed by atoms with Crippen molar-refractivity contribution in [2.75, 3.05) is 6.61 Å². The van der Waals surface area contributed by atoms with Gasteiger partial charge in [-0.2, -0.15) is 13.2 Å². The molecule has 0 unspecified atom stereocenters. The summed E-state index contributed by atoms with van der Waals surface area (Å²) < 4.78 is 40.1. The molecule has 0 bridgehead atoms. The van der Waals surface area contributed by atoms with Gasteiger partial charge in [-0.25, -0.2) is 4.79 Å². The van der Waals surface area contributed by atoms with E-state index in [4.69, 9.17) is 5.11 Å². The summed E-state index contributed by atoms with van der Waals surface area (Å²) in [4.78, 5) is 10.6. The van der Waals surface area contributed by atoms with Crippen molar-refractivity contribution >= 4 is 5.97 Å². The number of halogens is 3. The molecular formula is C10H9F3O3. The number of hydrogen-bond donors (Lipinski definition) is 1. The fourth-order valence-electron chi connectivity index (χ4n) is 1.10. The van der Waals surface area contributed by atoms with Crippen LogP contribution in [0.2, 0.25) is 0 Å². The van der Waals surface area contributed by atoms with Gasteiger partial charge in [0.1, 0.15) is 5.75 Å². The lowest BCUT2D eigenvalue weighted by Gasteiger charge is -2.11. The molecule has 88 valence electrons. The van der Waals surface area contributed by atoms with Crippen molar-refractivity contribution in [1.82, 2.24) is 0 Å². The molecule has 1 N–H and O–H groups in total. The molecule has 1 aromatic carbocycles. The smallest absolute Gasteiger partial charge is 0.422 e. The molecule has 0 saturated heterocycles. The summed E-state index contributed by atoms with van der Waals surface area (Å²) in [5.74, 6) is -1.10. The molecule has 1 aromatic rings. The summed E-state index contributed by atoms with van der Waals surface area (Å²) >= 11 is 0. The number of rotatable bonds is 3. The summed E-state index contributed by atoms with van der Waals surface area (Å²) in [7, 11) is 0. The molecule has 0 aliphatic carbocycles. The van der Waals surface area contributed by atoms with E-state index >= 15 is 0 Å². The Kier molecular flexibility index (Phi) is 3.41. The number of ether oxygens (including phenoxy) is 1. The Balaban J connectivity index is 2.80. The van der Waals surface area contributed by atoms with Gasteiger partial charge in [-0.3, -0.25) is 0 Å². The van der Waals surface area contributed by atoms with Gasteiger partial charge in [0.05, 0.1) is 5.56 Å². The van der Waals surface area contributed by atoms with Crippen LogP contribution in [0.25, 0.3) is 0 Å². The number of aromatic carboxylic acids is 1. The summed E-state index contributed by atoms with van der Waals surface area (Å²) in [5.41, 5.74) is 0.362. The van der Waals surface area contributed by atoms with Gasteiger partial charge in [0.2, 0.25) is 0 Å². The molecule has 0 radical (unpaired) electrons. The number of carboxylic acids is 1. The van der Waals surface area contributed by atoms with Crippen molar-refractivity contribution in [1.29, 1.82) is 0 Å². The van der Waals surface area contributed by atoms with Gasteiger partial charge in [0.15, 0.2) is 6.61 Å². The zero-order valence-corrected chi connectivity index (χ0v) is 8.34. The average molecular weight is 234 g/mol. The van der Waals surface area contributed by atoms with Gasteiger partial charge in [0, 0.05) is 0 Å². The van der Waals surface area contributed by atoms with Gasteiger partial charge in [-0.15, -0.1) is 0 Å². The third-order valence-corrected chi connectivity index (χ3v) is 1.81. The second-order valence-corrected chi connectivity index (χ2v) is 3.19. The second kappa shape index (κ2) is 4.42. The maximum absolute atomic E-state index is 11.9. The molecule has 6 heteroatoms. The van der Waals surface area contributed by atoms with Crippen LogP contribution in [-0.2, 0) is 0 Å². The van der Waals surface area contributed by atoms with E-state index in [0.717, 1.165) is 0 Å². The van der Waals surface area contributed by atoms with Crippen molar-refractivity contribution in [3.05, 3.63) is 29.3 Å². The zero-order chi connectivity index (χ0) is 12.3. The van der Waals surface area contributed by atoms with Gasteiger partial charge in [0.25, 0.3) is 0 Å². The lowest BCUT2D eigenvalue weighted by Crippen LogP contribution is -2.19. The minimum absolute atomic E-state index is 0.0110. The van der Waals surface area contributed by atoms with Crippen LogP contribution in [0.1, 0.15) is 15.9 Å². The van der Waals surface area contributed by atoms with E-state index in [-0.39, 0.29) is 11.3 Å². The van der Waals surface area contributed by atoms with Crippen molar-refractivity contribution < 1.29 is 27.8 Å². The highest BCUT2D eigenvalue weighted by atomic mass is 19.4. The number of aryl methyl sites for hydroxylation is 1. The molecule has 0 saturated carbocycles. The Morgan fingerprint density at radius 1 is 1.44 bits per heavy atom. The van der Waals surface area contributed by atoms with E-state index in [2.05, 4.69) is 4.74 Å². The number of alkyl halides is 3. The Labute approximate surface area is 89.5 Å². The monoisotopic (exact) mass is 234 g/mol. The van der Waals surface area contributed by atoms with Crippen molar-refractivity contribution in [3.63, 3.8) is 0 Å². The van der Waals surface area contributed by atoms with Crippen LogP contribution in [0.4, 0.5) is 13.2 Å². The largest absolute Gasteiger partial charge is 0.484 e. The first-order valence-corrected chi connectivity index (χ1v) is 4.33. The fraction of sp³-hybridized carbons (Fsp3) is 0.300. The Bertz CT molecular complexity index is 399. The highest BCUT2D eigenvalue weighted by Gasteiger charge is 2.28. The number of carbonyl (C=O) groups is 1. The molecule has 3 nitrogen and oxygen atoms in total. The Morgan fingerprint density at radius 3 is 2.50 bits per heavy atom. The van der Waals surface area contributed by atoms with Crippen LogP contribution in [0, 0.1) is 6.92 Å². The predicted molar refractivity (Wildman–Crippen MR) is 49.7 cm³/mol. The number of benzene rings is 1. The Morgan fingerprint density at radius 2 is 2.06 bits per heavy atom. The second-order valence-electron chi connectivity index (χ2n) is 3.19. The minimum Gasteiger partial charge on any atom is -0.484 e. The Hall–Kier alpha value is -1.72. The molecule has 1 rings (SSSR count). The average Bonchev–Trinajstić information content (AvgIpc) is 2.14. The molecule has 0 heterocycles. The van der Waals surface area contributed by atoms with E-state index in [9.17, 15) is 18.0 Å². The molecule has 0 atom stereocenters. The third kappa shape index (κ3) is 3.45. The van der Waals surface area contributed by atoms with Crippen LogP contribution >= 0.6 is 0 Å². The van der Waals surface area contributed by atoms with Crippen molar-refractivity contribution in [2.24, 2.45) is 0 Å². The molecule has 16 heavy (non-hydrogen) atoms. The molecule has 0 amide bonds. The first-order valence-electron chi connectivity index (χ1n) is 4.33. The first kappa shape index (κ1) is 12.4. The summed E-state index contributed by atoms with van der Waals surface area (Å²) in [6.45, 7) is 0.0956. The lowest BCUT2D eigenvalue weighted by atomic mass is 10.1. The molecule has 0 aliphatic heterocycles. The van der Waals surface area contributed by atoms with Crippen LogP contribution < -0.4 is 4.74 Å². The first-order chi connectivity index (χ1) is 7.29. The van der Waals surface area contributed by atoms with Crippen LogP contribution in [0.15, 0.2) is 18.2 Å². The number of hydrogen-bond acceptors (Lipinski definition) is 2. The maximum Gasteiger partial charge on any atom is 0.422 e. The van der Waals surface area contributed by atoms with E-state index in [1.54, 1.807) is 0 Å². The van der Waals surface area contributed by atoms with Gasteiger partial charge >= 0.3 is 12.1 Å². The summed E-state index contributed by atoms with van der Waals surface area (Å²) in [6.07, 6.45) is -4.40. The van der Waals surface area contributed by atoms with Crippen LogP contribution in [-0.4, -0.2) is 23.9 Å². The predicted octanol–water partition coefficient (Wildman–Crippen LogP) is 2.63. The summed E-state index contributed by atoms with van der Waals surface area (Å²) in [6, 6.07) is 3.67. The molecule has 0 aliphatic rings. The van der Waals surface area contributed by atoms with Gasteiger partial charge in [-0.1, -0.05) is 0 Å². The quantitative estimate of drug-likeness (QED) is 0.874. The van der Waals surface area contributed by atoms with Crippen LogP contribution in [0.3, 0.4) is 0 Å². The van der Waals surface area contributed by atoms with E-state index < -0.39 is 18.8 Å².